The third-order valence-corrected chi connectivity index (χ3v) is 21.3. The molecule has 44 heavy (non-hydrogen) atoms. The number of carbonyl (C=O) groups excluding carboxylic acids is 1. The van der Waals surface area contributed by atoms with Crippen molar-refractivity contribution in [1.29, 1.82) is 0 Å². The summed E-state index contributed by atoms with van der Waals surface area (Å²) in [5.41, 5.74) is 0. The standard InChI is InChI=1S/C35H61BrO5SSi2/c1-25-30(36)23-27(42-25)21-19-26(40-43(9,10)34(2,3)4)20-22-29-28(17-15-13-14-16-18-33(38)39-8)31(37)24-32(29)41-44(11,12)35(5,6)7/h13,15,20,22-23,26,28-29,31-32,37H,14,16-19,21,24H2,1-12H3/b15-13-,22-20+/t26-,28+,29+,31-,32+/m0/s1. The third-order valence-electron chi connectivity index (χ3n) is 10.1. The molecule has 0 radical (unpaired) electrons. The maximum Gasteiger partial charge on any atom is 0.305 e. The van der Waals surface area contributed by atoms with Gasteiger partial charge in [-0.05, 0) is 110 Å². The van der Waals surface area contributed by atoms with Crippen molar-refractivity contribution in [3.63, 3.8) is 0 Å². The summed E-state index contributed by atoms with van der Waals surface area (Å²) in [5, 5.41) is 11.6. The van der Waals surface area contributed by atoms with Crippen molar-refractivity contribution in [2.75, 3.05) is 7.11 Å². The molecule has 0 saturated heterocycles. The SMILES string of the molecule is COC(=O)CCC/C=C\C[C@@H]1[C@@H](/C=C/[C@H](CCc2cc(Br)c(C)s2)O[Si](C)(C)C(C)(C)C)[C@H](O[Si](C)(C)C(C)(C)C)C[C@@H]1O. The number of hydrogen-bond donors (Lipinski definition) is 1. The van der Waals surface area contributed by atoms with Crippen molar-refractivity contribution in [3.8, 4) is 0 Å². The Balaban J connectivity index is 2.34. The highest BCUT2D eigenvalue weighted by molar-refractivity contribution is 9.10. The van der Waals surface area contributed by atoms with Crippen molar-refractivity contribution >= 4 is 49.9 Å². The molecule has 1 aromatic heterocycles. The highest BCUT2D eigenvalue weighted by Gasteiger charge is 2.47. The number of aliphatic hydroxyl groups excluding tert-OH is 1. The molecule has 1 aromatic rings. The second-order valence-electron chi connectivity index (χ2n) is 15.6. The number of ether oxygens (including phenoxy) is 1. The number of thiophene rings is 1. The van der Waals surface area contributed by atoms with Gasteiger partial charge in [0, 0.05) is 26.6 Å². The molecule has 0 aromatic carbocycles. The first kappa shape index (κ1) is 39.6. The van der Waals surface area contributed by atoms with E-state index in [1.165, 1.54) is 21.3 Å². The summed E-state index contributed by atoms with van der Waals surface area (Å²) >= 11 is 5.54. The summed E-state index contributed by atoms with van der Waals surface area (Å²) in [4.78, 5) is 14.1. The van der Waals surface area contributed by atoms with Gasteiger partial charge in [-0.1, -0.05) is 65.8 Å². The fourth-order valence-electron chi connectivity index (χ4n) is 5.13. The van der Waals surface area contributed by atoms with Crippen LogP contribution in [0.15, 0.2) is 34.8 Å². The summed E-state index contributed by atoms with van der Waals surface area (Å²) in [5.74, 6) is 0.00143. The first-order valence-corrected chi connectivity index (χ1v) is 23.8. The number of aryl methyl sites for hydroxylation is 2. The third kappa shape index (κ3) is 11.6. The van der Waals surface area contributed by atoms with Gasteiger partial charge in [-0.25, -0.2) is 0 Å². The average Bonchev–Trinajstić information content (AvgIpc) is 3.37. The minimum Gasteiger partial charge on any atom is -0.469 e. The van der Waals surface area contributed by atoms with E-state index in [2.05, 4.69) is 121 Å². The predicted molar refractivity (Wildman–Crippen MR) is 196 cm³/mol. The van der Waals surface area contributed by atoms with Crippen LogP contribution in [0.2, 0.25) is 36.3 Å². The number of carbonyl (C=O) groups is 1. The quantitative estimate of drug-likeness (QED) is 0.0843. The zero-order chi connectivity index (χ0) is 33.5. The molecule has 2 rings (SSSR count). The number of esters is 1. The topological polar surface area (TPSA) is 65.0 Å². The van der Waals surface area contributed by atoms with Gasteiger partial charge in [0.25, 0.3) is 0 Å². The Morgan fingerprint density at radius 1 is 1.11 bits per heavy atom. The predicted octanol–water partition coefficient (Wildman–Crippen LogP) is 10.4. The van der Waals surface area contributed by atoms with E-state index in [1.807, 2.05) is 11.3 Å². The minimum atomic E-state index is -2.05. The molecule has 252 valence electrons. The van der Waals surface area contributed by atoms with Crippen molar-refractivity contribution in [1.82, 2.24) is 0 Å². The van der Waals surface area contributed by atoms with Gasteiger partial charge in [0.1, 0.15) is 0 Å². The number of unbranched alkanes of at least 4 members (excludes halogenated alkanes) is 1. The van der Waals surface area contributed by atoms with Gasteiger partial charge in [0.15, 0.2) is 16.6 Å². The molecule has 0 spiro atoms. The maximum absolute atomic E-state index is 11.5. The van der Waals surface area contributed by atoms with Crippen LogP contribution in [0.5, 0.6) is 0 Å². The number of rotatable bonds is 15. The number of hydrogen-bond acceptors (Lipinski definition) is 6. The van der Waals surface area contributed by atoms with Crippen LogP contribution in [0.3, 0.4) is 0 Å². The molecule has 1 fully saturated rings. The molecule has 1 heterocycles. The van der Waals surface area contributed by atoms with Gasteiger partial charge < -0.3 is 18.7 Å². The highest BCUT2D eigenvalue weighted by Crippen LogP contribution is 2.45. The van der Waals surface area contributed by atoms with Gasteiger partial charge in [0.05, 0.1) is 25.4 Å². The first-order valence-electron chi connectivity index (χ1n) is 16.4. The molecule has 5 nitrogen and oxygen atoms in total. The smallest absolute Gasteiger partial charge is 0.305 e. The van der Waals surface area contributed by atoms with Crippen molar-refractivity contribution < 1.29 is 23.5 Å². The molecule has 1 aliphatic rings. The Morgan fingerprint density at radius 3 is 2.30 bits per heavy atom. The Kier molecular flexibility index (Phi) is 14.9. The molecule has 0 amide bonds. The zero-order valence-electron chi connectivity index (χ0n) is 29.6. The van der Waals surface area contributed by atoms with Gasteiger partial charge in [-0.3, -0.25) is 4.79 Å². The van der Waals surface area contributed by atoms with Crippen LogP contribution in [-0.4, -0.2) is 53.1 Å². The molecule has 9 heteroatoms. The average molecular weight is 730 g/mol. The Morgan fingerprint density at radius 2 is 1.75 bits per heavy atom. The lowest BCUT2D eigenvalue weighted by Crippen LogP contribution is -2.45. The van der Waals surface area contributed by atoms with Crippen molar-refractivity contribution in [2.45, 2.75) is 148 Å². The monoisotopic (exact) mass is 728 g/mol. The second kappa shape index (κ2) is 16.5. The van der Waals surface area contributed by atoms with Gasteiger partial charge in [-0.2, -0.15) is 0 Å². The van der Waals surface area contributed by atoms with Crippen LogP contribution in [0.1, 0.15) is 89.8 Å². The van der Waals surface area contributed by atoms with E-state index in [1.54, 1.807) is 0 Å². The number of halogens is 1. The lowest BCUT2D eigenvalue weighted by Gasteiger charge is -2.40. The van der Waals surface area contributed by atoms with E-state index in [0.717, 1.165) is 32.1 Å². The highest BCUT2D eigenvalue weighted by atomic mass is 79.9. The van der Waals surface area contributed by atoms with Crippen molar-refractivity contribution in [3.05, 3.63) is 44.6 Å². The van der Waals surface area contributed by atoms with E-state index in [-0.39, 0.29) is 40.1 Å². The molecule has 0 bridgehead atoms. The minimum absolute atomic E-state index is 0.00199. The second-order valence-corrected chi connectivity index (χ2v) is 27.3. The largest absolute Gasteiger partial charge is 0.469 e. The van der Waals surface area contributed by atoms with E-state index >= 15 is 0 Å². The normalized spacial score (nSPS) is 22.8. The van der Waals surface area contributed by atoms with Crippen LogP contribution in [-0.2, 0) is 24.8 Å². The summed E-state index contributed by atoms with van der Waals surface area (Å²) in [6.45, 7) is 25.1. The Bertz CT molecular complexity index is 1100. The van der Waals surface area contributed by atoms with E-state index in [4.69, 9.17) is 13.6 Å². The van der Waals surface area contributed by atoms with Crippen LogP contribution in [0.25, 0.3) is 0 Å². The lowest BCUT2D eigenvalue weighted by molar-refractivity contribution is -0.140. The summed E-state index contributed by atoms with van der Waals surface area (Å²) < 4.78 is 20.0. The Labute approximate surface area is 283 Å². The van der Waals surface area contributed by atoms with Gasteiger partial charge in [0.2, 0.25) is 0 Å². The molecule has 0 aliphatic heterocycles. The summed E-state index contributed by atoms with van der Waals surface area (Å²) in [6.07, 6.45) is 13.8. The fraction of sp³-hybridized carbons (Fsp3) is 0.743. The molecule has 5 atom stereocenters. The van der Waals surface area contributed by atoms with Crippen LogP contribution >= 0.6 is 27.3 Å². The van der Waals surface area contributed by atoms with Crippen molar-refractivity contribution in [2.24, 2.45) is 11.8 Å². The molecular weight excluding hydrogens is 669 g/mol. The fourth-order valence-corrected chi connectivity index (χ4v) is 9.42. The van der Waals surface area contributed by atoms with Crippen LogP contribution < -0.4 is 0 Å². The molecule has 1 saturated carbocycles. The van der Waals surface area contributed by atoms with E-state index < -0.39 is 22.7 Å². The van der Waals surface area contributed by atoms with Crippen LogP contribution in [0.4, 0.5) is 0 Å². The van der Waals surface area contributed by atoms with E-state index in [0.29, 0.717) is 12.8 Å². The number of methoxy groups -OCH3 is 1. The zero-order valence-corrected chi connectivity index (χ0v) is 34.0. The molecule has 0 unspecified atom stereocenters. The van der Waals surface area contributed by atoms with Crippen LogP contribution in [0, 0.1) is 18.8 Å². The summed E-state index contributed by atoms with van der Waals surface area (Å²) in [7, 11) is -2.64. The van der Waals surface area contributed by atoms with E-state index in [9.17, 15) is 9.90 Å². The lowest BCUT2D eigenvalue weighted by atomic mass is 9.89. The first-order chi connectivity index (χ1) is 20.2. The number of aliphatic hydroxyl groups is 1. The van der Waals surface area contributed by atoms with Gasteiger partial charge >= 0.3 is 5.97 Å². The number of allylic oxidation sites excluding steroid dienone is 2. The maximum atomic E-state index is 11.5. The Hall–Kier alpha value is -0.556. The van der Waals surface area contributed by atoms with Gasteiger partial charge in [-0.15, -0.1) is 11.3 Å². The molecular formula is C35H61BrO5SSi2. The summed E-state index contributed by atoms with van der Waals surface area (Å²) in [6, 6.07) is 2.25. The molecule has 1 N–H and O–H groups in total. The molecule has 1 aliphatic carbocycles.